The minimum Gasteiger partial charge on any atom is -0.390 e. The zero-order chi connectivity index (χ0) is 10.3. The van der Waals surface area contributed by atoms with Gasteiger partial charge in [-0.15, -0.1) is 0 Å². The Bertz CT molecular complexity index is 210. The molecule has 80 valence electrons. The van der Waals surface area contributed by atoms with Crippen molar-refractivity contribution < 1.29 is 18.3 Å². The Morgan fingerprint density at radius 3 is 2.54 bits per heavy atom. The number of ether oxygens (including phenoxy) is 1. The van der Waals surface area contributed by atoms with Crippen molar-refractivity contribution in [1.29, 1.82) is 0 Å². The Hall–Kier alpha value is -0.130. The van der Waals surface area contributed by atoms with Crippen molar-refractivity contribution in [3.63, 3.8) is 0 Å². The van der Waals surface area contributed by atoms with Gasteiger partial charge in [-0.3, -0.25) is 0 Å². The summed E-state index contributed by atoms with van der Waals surface area (Å²) in [4.78, 5) is 0. The minimum atomic E-state index is -3.10. The first-order valence-corrected chi connectivity index (χ1v) is 6.21. The van der Waals surface area contributed by atoms with E-state index in [1.54, 1.807) is 0 Å². The van der Waals surface area contributed by atoms with Crippen LogP contribution in [0.1, 0.15) is 19.8 Å². The largest absolute Gasteiger partial charge is 0.390 e. The number of aliphatic hydroxyl groups excluding tert-OH is 1. The van der Waals surface area contributed by atoms with Crippen LogP contribution in [0.5, 0.6) is 0 Å². The second-order valence-corrected chi connectivity index (χ2v) is 5.31. The fourth-order valence-corrected chi connectivity index (χ4v) is 2.56. The highest BCUT2D eigenvalue weighted by Gasteiger charge is 2.16. The molecule has 5 heteroatoms. The second-order valence-electron chi connectivity index (χ2n) is 3.08. The fraction of sp³-hybridized carbons (Fsp3) is 1.00. The van der Waals surface area contributed by atoms with Crippen LogP contribution in [0.3, 0.4) is 0 Å². The molecule has 0 aromatic carbocycles. The van der Waals surface area contributed by atoms with Crippen LogP contribution in [0.25, 0.3) is 0 Å². The molecule has 0 fully saturated rings. The Morgan fingerprint density at radius 2 is 2.08 bits per heavy atom. The molecule has 0 heterocycles. The van der Waals surface area contributed by atoms with E-state index in [1.807, 2.05) is 6.92 Å². The summed E-state index contributed by atoms with van der Waals surface area (Å²) in [5.41, 5.74) is 0. The van der Waals surface area contributed by atoms with Gasteiger partial charge in [0.25, 0.3) is 0 Å². The van der Waals surface area contributed by atoms with Crippen molar-refractivity contribution in [2.45, 2.75) is 25.9 Å². The molecule has 0 rings (SSSR count). The molecule has 0 saturated carbocycles. The quantitative estimate of drug-likeness (QED) is 0.652. The monoisotopic (exact) mass is 210 g/mol. The van der Waals surface area contributed by atoms with Crippen molar-refractivity contribution in [2.24, 2.45) is 0 Å². The molecule has 0 unspecified atom stereocenters. The van der Waals surface area contributed by atoms with Crippen LogP contribution >= 0.6 is 0 Å². The lowest BCUT2D eigenvalue weighted by Gasteiger charge is -2.09. The fourth-order valence-electron chi connectivity index (χ4n) is 0.981. The van der Waals surface area contributed by atoms with E-state index in [-0.39, 0.29) is 18.1 Å². The predicted octanol–water partition coefficient (Wildman–Crippen LogP) is 0.209. The van der Waals surface area contributed by atoms with Crippen LogP contribution in [0.2, 0.25) is 0 Å². The minimum absolute atomic E-state index is 0.0748. The maximum atomic E-state index is 11.3. The molecule has 0 aliphatic heterocycles. The van der Waals surface area contributed by atoms with Gasteiger partial charge in [0.1, 0.15) is 0 Å². The van der Waals surface area contributed by atoms with E-state index in [0.717, 1.165) is 6.42 Å². The van der Waals surface area contributed by atoms with Gasteiger partial charge < -0.3 is 9.84 Å². The van der Waals surface area contributed by atoms with Gasteiger partial charge in [-0.25, -0.2) is 8.42 Å². The maximum absolute atomic E-state index is 11.3. The summed E-state index contributed by atoms with van der Waals surface area (Å²) >= 11 is 0. The SMILES string of the molecule is CCCCS(=O)(=O)C[C@@H](O)COC. The van der Waals surface area contributed by atoms with E-state index in [0.29, 0.717) is 6.42 Å². The normalized spacial score (nSPS) is 14.4. The molecule has 0 aromatic heterocycles. The summed E-state index contributed by atoms with van der Waals surface area (Å²) in [5, 5.41) is 9.18. The molecule has 1 N–H and O–H groups in total. The summed E-state index contributed by atoms with van der Waals surface area (Å²) < 4.78 is 27.2. The van der Waals surface area contributed by atoms with Gasteiger partial charge in [-0.05, 0) is 6.42 Å². The number of methoxy groups -OCH3 is 1. The molecule has 0 aliphatic rings. The third-order valence-electron chi connectivity index (χ3n) is 1.61. The van der Waals surface area contributed by atoms with Gasteiger partial charge in [-0.2, -0.15) is 0 Å². The van der Waals surface area contributed by atoms with Crippen LogP contribution in [0.4, 0.5) is 0 Å². The van der Waals surface area contributed by atoms with Gasteiger partial charge in [0, 0.05) is 7.11 Å². The lowest BCUT2D eigenvalue weighted by Crippen LogP contribution is -2.26. The lowest BCUT2D eigenvalue weighted by atomic mass is 10.4. The average Bonchev–Trinajstić information content (AvgIpc) is 2.00. The van der Waals surface area contributed by atoms with Crippen molar-refractivity contribution in [2.75, 3.05) is 25.2 Å². The number of aliphatic hydroxyl groups is 1. The smallest absolute Gasteiger partial charge is 0.152 e. The zero-order valence-corrected chi connectivity index (χ0v) is 9.01. The van der Waals surface area contributed by atoms with E-state index in [4.69, 9.17) is 0 Å². The highest BCUT2D eigenvalue weighted by atomic mass is 32.2. The molecule has 0 amide bonds. The first-order chi connectivity index (χ1) is 6.02. The Balaban J connectivity index is 3.87. The number of sulfone groups is 1. The Morgan fingerprint density at radius 1 is 1.46 bits per heavy atom. The molecule has 1 atom stereocenters. The first kappa shape index (κ1) is 12.9. The first-order valence-electron chi connectivity index (χ1n) is 4.39. The number of rotatable bonds is 7. The van der Waals surface area contributed by atoms with Gasteiger partial charge in [0.2, 0.25) is 0 Å². The van der Waals surface area contributed by atoms with Crippen LogP contribution in [-0.4, -0.2) is 44.9 Å². The molecular formula is C8H18O4S. The van der Waals surface area contributed by atoms with Crippen molar-refractivity contribution in [3.8, 4) is 0 Å². The molecule has 0 radical (unpaired) electrons. The summed E-state index contributed by atoms with van der Waals surface area (Å²) in [6, 6.07) is 0. The molecule has 13 heavy (non-hydrogen) atoms. The molecular weight excluding hydrogens is 192 g/mol. The summed E-state index contributed by atoms with van der Waals surface area (Å²) in [6.07, 6.45) is 0.605. The maximum Gasteiger partial charge on any atom is 0.152 e. The van der Waals surface area contributed by atoms with E-state index in [2.05, 4.69) is 4.74 Å². The van der Waals surface area contributed by atoms with Crippen LogP contribution < -0.4 is 0 Å². The molecule has 0 saturated heterocycles. The third-order valence-corrected chi connectivity index (χ3v) is 3.42. The van der Waals surface area contributed by atoms with Gasteiger partial charge in [-0.1, -0.05) is 13.3 Å². The highest BCUT2D eigenvalue weighted by Crippen LogP contribution is 2.00. The standard InChI is InChI=1S/C8H18O4S/c1-3-4-5-13(10,11)7-8(9)6-12-2/h8-9H,3-7H2,1-2H3/t8-/m0/s1. The highest BCUT2D eigenvalue weighted by molar-refractivity contribution is 7.91. The lowest BCUT2D eigenvalue weighted by molar-refractivity contribution is 0.0783. The summed E-state index contributed by atoms with van der Waals surface area (Å²) in [7, 11) is -1.66. The third kappa shape index (κ3) is 6.98. The Kier molecular flexibility index (Phi) is 6.28. The van der Waals surface area contributed by atoms with Gasteiger partial charge >= 0.3 is 0 Å². The Labute approximate surface area is 79.8 Å². The second kappa shape index (κ2) is 6.34. The topological polar surface area (TPSA) is 63.6 Å². The average molecular weight is 210 g/mol. The predicted molar refractivity (Wildman–Crippen MR) is 51.4 cm³/mol. The molecule has 0 aliphatic carbocycles. The van der Waals surface area contributed by atoms with E-state index >= 15 is 0 Å². The summed E-state index contributed by atoms with van der Waals surface area (Å²) in [5.74, 6) is -0.0366. The van der Waals surface area contributed by atoms with E-state index in [9.17, 15) is 13.5 Å². The van der Waals surface area contributed by atoms with Crippen LogP contribution in [0, 0.1) is 0 Å². The van der Waals surface area contributed by atoms with Crippen molar-refractivity contribution in [3.05, 3.63) is 0 Å². The van der Waals surface area contributed by atoms with Gasteiger partial charge in [0.05, 0.1) is 24.2 Å². The van der Waals surface area contributed by atoms with Crippen LogP contribution in [-0.2, 0) is 14.6 Å². The molecule has 0 spiro atoms. The van der Waals surface area contributed by atoms with Crippen molar-refractivity contribution in [1.82, 2.24) is 0 Å². The molecule has 0 bridgehead atoms. The van der Waals surface area contributed by atoms with E-state index in [1.165, 1.54) is 7.11 Å². The molecule has 4 nitrogen and oxygen atoms in total. The van der Waals surface area contributed by atoms with E-state index < -0.39 is 15.9 Å². The number of hydrogen-bond donors (Lipinski definition) is 1. The number of hydrogen-bond acceptors (Lipinski definition) is 4. The molecule has 0 aromatic rings. The van der Waals surface area contributed by atoms with Gasteiger partial charge in [0.15, 0.2) is 9.84 Å². The number of unbranched alkanes of at least 4 members (excludes halogenated alkanes) is 1. The van der Waals surface area contributed by atoms with Crippen LogP contribution in [0.15, 0.2) is 0 Å². The zero-order valence-electron chi connectivity index (χ0n) is 8.19. The summed E-state index contributed by atoms with van der Waals surface area (Å²) in [6.45, 7) is 2.01. The van der Waals surface area contributed by atoms with Crippen molar-refractivity contribution >= 4 is 9.84 Å².